The van der Waals surface area contributed by atoms with Crippen LogP contribution in [-0.4, -0.2) is 47.8 Å². The lowest BCUT2D eigenvalue weighted by atomic mass is 10.2. The first-order valence-corrected chi connectivity index (χ1v) is 11.0. The smallest absolute Gasteiger partial charge is 0.250 e. The first-order valence-electron chi connectivity index (χ1n) is 9.60. The molecule has 2 aromatic heterocycles. The second-order valence-electron chi connectivity index (χ2n) is 6.68. The van der Waals surface area contributed by atoms with Gasteiger partial charge in [-0.05, 0) is 60.2 Å². The minimum absolute atomic E-state index is 0.0419. The summed E-state index contributed by atoms with van der Waals surface area (Å²) in [7, 11) is 0. The van der Waals surface area contributed by atoms with Gasteiger partial charge >= 0.3 is 0 Å². The normalized spacial score (nSPS) is 11.1. The van der Waals surface area contributed by atoms with E-state index in [1.807, 2.05) is 28.8 Å². The molecule has 0 saturated carbocycles. The van der Waals surface area contributed by atoms with Crippen molar-refractivity contribution < 1.29 is 15.0 Å². The van der Waals surface area contributed by atoms with Gasteiger partial charge in [0.25, 0.3) is 5.91 Å². The average molecular weight is 481 g/mol. The van der Waals surface area contributed by atoms with Crippen LogP contribution in [0.5, 0.6) is 11.5 Å². The molecule has 1 amide bonds. The third-order valence-corrected chi connectivity index (χ3v) is 5.57. The minimum atomic E-state index is -0.352. The summed E-state index contributed by atoms with van der Waals surface area (Å²) >= 11 is 7.24. The highest BCUT2D eigenvalue weighted by Crippen LogP contribution is 2.28. The van der Waals surface area contributed by atoms with E-state index in [-0.39, 0.29) is 23.2 Å². The van der Waals surface area contributed by atoms with Gasteiger partial charge in [0.2, 0.25) is 0 Å². The van der Waals surface area contributed by atoms with Crippen molar-refractivity contribution in [2.24, 2.45) is 5.10 Å². The van der Waals surface area contributed by atoms with E-state index in [9.17, 15) is 15.0 Å². The molecule has 0 atom stereocenters. The number of aromatic nitrogens is 4. The monoisotopic (exact) mass is 480 g/mol. The number of pyridine rings is 1. The van der Waals surface area contributed by atoms with Gasteiger partial charge in [0.1, 0.15) is 0 Å². The summed E-state index contributed by atoms with van der Waals surface area (Å²) < 4.78 is 1.84. The zero-order chi connectivity index (χ0) is 23.2. The lowest BCUT2D eigenvalue weighted by molar-refractivity contribution is -0.118. The van der Waals surface area contributed by atoms with Gasteiger partial charge < -0.3 is 10.2 Å². The van der Waals surface area contributed by atoms with E-state index in [1.54, 1.807) is 30.6 Å². The largest absolute Gasteiger partial charge is 0.504 e. The van der Waals surface area contributed by atoms with Crippen LogP contribution in [0.3, 0.4) is 0 Å². The number of benzene rings is 2. The molecular weight excluding hydrogens is 464 g/mol. The number of halogens is 1. The second-order valence-corrected chi connectivity index (χ2v) is 8.06. The maximum absolute atomic E-state index is 12.3. The zero-order valence-electron chi connectivity index (χ0n) is 17.0. The molecule has 2 heterocycles. The number of carbonyl (C=O) groups is 1. The van der Waals surface area contributed by atoms with Crippen LogP contribution in [0.1, 0.15) is 5.56 Å². The standard InChI is InChI=1S/C22H17ClN6O3S/c23-16-2-4-17(5-3-16)29-21(15-7-9-24-10-8-15)27-28-22(29)33-13-20(32)26-25-12-14-1-6-18(30)19(31)11-14/h1-12,30-31H,13H2,(H,26,32). The zero-order valence-corrected chi connectivity index (χ0v) is 18.5. The van der Waals surface area contributed by atoms with Crippen molar-refractivity contribution >= 4 is 35.5 Å². The van der Waals surface area contributed by atoms with Crippen LogP contribution in [0, 0.1) is 0 Å². The van der Waals surface area contributed by atoms with E-state index in [0.29, 0.717) is 21.6 Å². The van der Waals surface area contributed by atoms with Crippen LogP contribution < -0.4 is 5.43 Å². The summed E-state index contributed by atoms with van der Waals surface area (Å²) in [4.78, 5) is 16.3. The number of nitrogens with one attached hydrogen (secondary N) is 1. The van der Waals surface area contributed by atoms with Crippen LogP contribution in [-0.2, 0) is 4.79 Å². The average Bonchev–Trinajstić information content (AvgIpc) is 3.25. The molecule has 0 spiro atoms. The number of phenols is 2. The van der Waals surface area contributed by atoms with Crippen LogP contribution >= 0.6 is 23.4 Å². The Balaban J connectivity index is 1.49. The summed E-state index contributed by atoms with van der Waals surface area (Å²) in [6, 6.07) is 15.1. The molecule has 0 radical (unpaired) electrons. The summed E-state index contributed by atoms with van der Waals surface area (Å²) in [5.41, 5.74) is 4.56. The predicted molar refractivity (Wildman–Crippen MR) is 126 cm³/mol. The van der Waals surface area contributed by atoms with Crippen LogP contribution in [0.2, 0.25) is 5.02 Å². The second kappa shape index (κ2) is 10.2. The van der Waals surface area contributed by atoms with Crippen LogP contribution in [0.25, 0.3) is 17.1 Å². The summed E-state index contributed by atoms with van der Waals surface area (Å²) in [5.74, 6) is -0.209. The molecule has 11 heteroatoms. The molecule has 0 aliphatic heterocycles. The Morgan fingerprint density at radius 2 is 1.82 bits per heavy atom. The number of hydrogen-bond acceptors (Lipinski definition) is 8. The van der Waals surface area contributed by atoms with Crippen molar-refractivity contribution in [3.8, 4) is 28.6 Å². The fourth-order valence-corrected chi connectivity index (χ4v) is 3.71. The first kappa shape index (κ1) is 22.3. The Morgan fingerprint density at radius 1 is 1.06 bits per heavy atom. The molecule has 4 aromatic rings. The molecule has 0 aliphatic rings. The Hall–Kier alpha value is -3.89. The van der Waals surface area contributed by atoms with Gasteiger partial charge in [0, 0.05) is 28.7 Å². The highest BCUT2D eigenvalue weighted by Gasteiger charge is 2.17. The van der Waals surface area contributed by atoms with Gasteiger partial charge in [0.15, 0.2) is 22.5 Å². The highest BCUT2D eigenvalue weighted by molar-refractivity contribution is 7.99. The van der Waals surface area contributed by atoms with E-state index in [0.717, 1.165) is 11.3 Å². The van der Waals surface area contributed by atoms with Crippen molar-refractivity contribution in [2.45, 2.75) is 5.16 Å². The number of amides is 1. The lowest BCUT2D eigenvalue weighted by Gasteiger charge is -2.10. The number of hydrogen-bond donors (Lipinski definition) is 3. The van der Waals surface area contributed by atoms with E-state index < -0.39 is 0 Å². The number of rotatable bonds is 7. The van der Waals surface area contributed by atoms with E-state index >= 15 is 0 Å². The van der Waals surface area contributed by atoms with Crippen molar-refractivity contribution in [3.63, 3.8) is 0 Å². The van der Waals surface area contributed by atoms with Gasteiger partial charge in [-0.2, -0.15) is 5.10 Å². The SMILES string of the molecule is O=C(CSc1nnc(-c2ccncc2)n1-c1ccc(Cl)cc1)NN=Cc1ccc(O)c(O)c1. The third kappa shape index (κ3) is 5.48. The van der Waals surface area contributed by atoms with Gasteiger partial charge in [-0.3, -0.25) is 14.3 Å². The van der Waals surface area contributed by atoms with Crippen molar-refractivity contribution in [1.82, 2.24) is 25.2 Å². The maximum atomic E-state index is 12.3. The highest BCUT2D eigenvalue weighted by atomic mass is 35.5. The van der Waals surface area contributed by atoms with Gasteiger partial charge in [0.05, 0.1) is 12.0 Å². The predicted octanol–water partition coefficient (Wildman–Crippen LogP) is 3.64. The number of hydrazone groups is 1. The minimum Gasteiger partial charge on any atom is -0.504 e. The van der Waals surface area contributed by atoms with E-state index in [4.69, 9.17) is 11.6 Å². The number of phenolic OH excluding ortho intramolecular Hbond substituents is 2. The first-order chi connectivity index (χ1) is 16.0. The Labute approximate surface area is 197 Å². The molecule has 33 heavy (non-hydrogen) atoms. The molecule has 0 unspecified atom stereocenters. The van der Waals surface area contributed by atoms with Crippen molar-refractivity contribution in [3.05, 3.63) is 77.6 Å². The Morgan fingerprint density at radius 3 is 2.55 bits per heavy atom. The number of thioether (sulfide) groups is 1. The summed E-state index contributed by atoms with van der Waals surface area (Å²) in [6.07, 6.45) is 4.70. The molecular formula is C22H17ClN6O3S. The lowest BCUT2D eigenvalue weighted by Crippen LogP contribution is -2.20. The van der Waals surface area contributed by atoms with Gasteiger partial charge in [-0.25, -0.2) is 5.43 Å². The van der Waals surface area contributed by atoms with Crippen molar-refractivity contribution in [2.75, 3.05) is 5.75 Å². The Kier molecular flexibility index (Phi) is 6.86. The number of carbonyl (C=O) groups excluding carboxylic acids is 1. The maximum Gasteiger partial charge on any atom is 0.250 e. The van der Waals surface area contributed by atoms with E-state index in [2.05, 4.69) is 25.7 Å². The third-order valence-electron chi connectivity index (χ3n) is 4.39. The van der Waals surface area contributed by atoms with Crippen LogP contribution in [0.15, 0.2) is 77.2 Å². The molecule has 0 bridgehead atoms. The number of aromatic hydroxyl groups is 2. The summed E-state index contributed by atoms with van der Waals surface area (Å²) in [5, 5.41) is 32.4. The fourth-order valence-electron chi connectivity index (χ4n) is 2.84. The van der Waals surface area contributed by atoms with Crippen molar-refractivity contribution in [1.29, 1.82) is 0 Å². The fraction of sp³-hybridized carbons (Fsp3) is 0.0455. The molecule has 4 rings (SSSR count). The molecule has 3 N–H and O–H groups in total. The van der Waals surface area contributed by atoms with Gasteiger partial charge in [-0.15, -0.1) is 10.2 Å². The molecule has 0 aliphatic carbocycles. The Bertz CT molecular complexity index is 1300. The molecule has 0 saturated heterocycles. The molecule has 0 fully saturated rings. The molecule has 166 valence electrons. The van der Waals surface area contributed by atoms with E-state index in [1.165, 1.54) is 30.1 Å². The number of nitrogens with zero attached hydrogens (tertiary/aromatic N) is 5. The van der Waals surface area contributed by atoms with Gasteiger partial charge in [-0.1, -0.05) is 23.4 Å². The molecule has 2 aromatic carbocycles. The molecule has 9 nitrogen and oxygen atoms in total. The summed E-state index contributed by atoms with van der Waals surface area (Å²) in [6.45, 7) is 0. The topological polar surface area (TPSA) is 126 Å². The quantitative estimate of drug-likeness (QED) is 0.159. The van der Waals surface area contributed by atoms with Crippen LogP contribution in [0.4, 0.5) is 0 Å².